The van der Waals surface area contributed by atoms with Crippen LogP contribution in [0, 0.1) is 21.8 Å². The van der Waals surface area contributed by atoms with Crippen LogP contribution in [0.15, 0.2) is 12.1 Å². The Bertz CT molecular complexity index is 496. The largest absolute Gasteiger partial charge is 0.373 e. The number of nitro benzene ring substituents is 1. The number of hydrogen-bond acceptors (Lipinski definition) is 4. The number of hydrogen-bond donors (Lipinski definition) is 2. The molecule has 0 radical (unpaired) electrons. The van der Waals surface area contributed by atoms with Crippen molar-refractivity contribution in [2.75, 3.05) is 11.9 Å². The summed E-state index contributed by atoms with van der Waals surface area (Å²) in [5, 5.41) is 13.7. The molecule has 0 heterocycles. The van der Waals surface area contributed by atoms with E-state index < -0.39 is 16.3 Å². The van der Waals surface area contributed by atoms with Gasteiger partial charge in [0.1, 0.15) is 11.5 Å². The van der Waals surface area contributed by atoms with E-state index in [4.69, 9.17) is 17.3 Å². The van der Waals surface area contributed by atoms with Gasteiger partial charge in [-0.25, -0.2) is 4.39 Å². The Kier molecular flexibility index (Phi) is 4.70. The van der Waals surface area contributed by atoms with E-state index in [1.165, 1.54) is 0 Å². The van der Waals surface area contributed by atoms with E-state index in [1.807, 2.05) is 20.8 Å². The lowest BCUT2D eigenvalue weighted by Gasteiger charge is -2.34. The third kappa shape index (κ3) is 3.33. The highest BCUT2D eigenvalue weighted by molar-refractivity contribution is 6.31. The minimum atomic E-state index is -0.710. The van der Waals surface area contributed by atoms with Crippen molar-refractivity contribution >= 4 is 23.0 Å². The second kappa shape index (κ2) is 5.71. The van der Waals surface area contributed by atoms with Crippen molar-refractivity contribution in [3.8, 4) is 0 Å². The molecule has 1 aromatic carbocycles. The summed E-state index contributed by atoms with van der Waals surface area (Å²) < 4.78 is 13.5. The van der Waals surface area contributed by atoms with Crippen LogP contribution in [0.1, 0.15) is 20.8 Å². The van der Waals surface area contributed by atoms with Crippen molar-refractivity contribution in [1.82, 2.24) is 0 Å². The number of nitrogens with zero attached hydrogens (tertiary/aromatic N) is 1. The molecule has 0 saturated carbocycles. The number of nitro groups is 1. The Morgan fingerprint density at radius 2 is 2.16 bits per heavy atom. The molecule has 5 nitrogen and oxygen atoms in total. The monoisotopic (exact) mass is 289 g/mol. The summed E-state index contributed by atoms with van der Waals surface area (Å²) in [6, 6.07) is 2.02. The Morgan fingerprint density at radius 3 is 2.58 bits per heavy atom. The van der Waals surface area contributed by atoms with Gasteiger partial charge >= 0.3 is 0 Å². The third-order valence-electron chi connectivity index (χ3n) is 3.35. The zero-order valence-electron chi connectivity index (χ0n) is 11.0. The predicted molar refractivity (Wildman–Crippen MR) is 74.0 cm³/mol. The summed E-state index contributed by atoms with van der Waals surface area (Å²) in [6.45, 7) is 5.94. The first-order valence-corrected chi connectivity index (χ1v) is 6.20. The van der Waals surface area contributed by atoms with Crippen molar-refractivity contribution in [3.63, 3.8) is 0 Å². The molecule has 0 spiro atoms. The van der Waals surface area contributed by atoms with E-state index in [2.05, 4.69) is 5.32 Å². The fourth-order valence-corrected chi connectivity index (χ4v) is 1.68. The molecule has 7 heteroatoms. The minimum Gasteiger partial charge on any atom is -0.373 e. The molecule has 1 aromatic rings. The van der Waals surface area contributed by atoms with Crippen LogP contribution >= 0.6 is 11.6 Å². The van der Waals surface area contributed by atoms with E-state index in [9.17, 15) is 14.5 Å². The van der Waals surface area contributed by atoms with Crippen LogP contribution in [0.25, 0.3) is 0 Å². The third-order valence-corrected chi connectivity index (χ3v) is 3.64. The molecule has 0 fully saturated rings. The Hall–Kier alpha value is -1.40. The summed E-state index contributed by atoms with van der Waals surface area (Å²) in [6.07, 6.45) is 0. The SMILES string of the molecule is CC(C)C(C)(CN)Nc1cc(F)c(Cl)cc1[N+](=O)[O-]. The molecule has 1 unspecified atom stereocenters. The zero-order valence-corrected chi connectivity index (χ0v) is 11.8. The van der Waals surface area contributed by atoms with Gasteiger partial charge in [0.2, 0.25) is 0 Å². The van der Waals surface area contributed by atoms with Crippen molar-refractivity contribution in [2.24, 2.45) is 11.7 Å². The molecular formula is C12H17ClFN3O2. The van der Waals surface area contributed by atoms with Crippen LogP contribution in [0.5, 0.6) is 0 Å². The van der Waals surface area contributed by atoms with Crippen LogP contribution in [-0.4, -0.2) is 17.0 Å². The maximum atomic E-state index is 13.5. The number of nitrogens with two attached hydrogens (primary N) is 1. The second-order valence-electron chi connectivity index (χ2n) is 4.94. The van der Waals surface area contributed by atoms with Gasteiger partial charge in [-0.1, -0.05) is 25.4 Å². The van der Waals surface area contributed by atoms with Crippen LogP contribution in [-0.2, 0) is 0 Å². The van der Waals surface area contributed by atoms with Gasteiger partial charge in [0.25, 0.3) is 5.69 Å². The number of rotatable bonds is 5. The summed E-state index contributed by atoms with van der Waals surface area (Å²) in [5.41, 5.74) is 4.93. The first-order valence-electron chi connectivity index (χ1n) is 5.83. The van der Waals surface area contributed by atoms with E-state index >= 15 is 0 Å². The fourth-order valence-electron chi connectivity index (χ4n) is 1.53. The van der Waals surface area contributed by atoms with Crippen LogP contribution in [0.3, 0.4) is 0 Å². The molecule has 1 rings (SSSR count). The molecule has 3 N–H and O–H groups in total. The molecule has 0 bridgehead atoms. The molecule has 0 aliphatic heterocycles. The molecule has 1 atom stereocenters. The lowest BCUT2D eigenvalue weighted by atomic mass is 9.88. The highest BCUT2D eigenvalue weighted by Gasteiger charge is 2.30. The summed E-state index contributed by atoms with van der Waals surface area (Å²) >= 11 is 5.57. The molecule has 106 valence electrons. The Balaban J connectivity index is 3.26. The summed E-state index contributed by atoms with van der Waals surface area (Å²) in [7, 11) is 0. The molecule has 0 saturated heterocycles. The summed E-state index contributed by atoms with van der Waals surface area (Å²) in [4.78, 5) is 10.4. The minimum absolute atomic E-state index is 0.0774. The molecule has 0 aliphatic carbocycles. The van der Waals surface area contributed by atoms with Crippen molar-refractivity contribution in [1.29, 1.82) is 0 Å². The lowest BCUT2D eigenvalue weighted by molar-refractivity contribution is -0.384. The summed E-state index contributed by atoms with van der Waals surface area (Å²) in [5.74, 6) is -0.603. The predicted octanol–water partition coefficient (Wildman–Crippen LogP) is 3.17. The molecule has 0 aliphatic rings. The van der Waals surface area contributed by atoms with Crippen LogP contribution < -0.4 is 11.1 Å². The van der Waals surface area contributed by atoms with Gasteiger partial charge in [-0.15, -0.1) is 0 Å². The lowest BCUT2D eigenvalue weighted by Crippen LogP contribution is -2.47. The highest BCUT2D eigenvalue weighted by atomic mass is 35.5. The maximum absolute atomic E-state index is 13.5. The van der Waals surface area contributed by atoms with E-state index in [0.717, 1.165) is 12.1 Å². The quantitative estimate of drug-likeness (QED) is 0.644. The fraction of sp³-hybridized carbons (Fsp3) is 0.500. The number of benzene rings is 1. The van der Waals surface area contributed by atoms with Gasteiger partial charge in [0.15, 0.2) is 0 Å². The van der Waals surface area contributed by atoms with Gasteiger partial charge in [0, 0.05) is 24.2 Å². The smallest absolute Gasteiger partial charge is 0.294 e. The second-order valence-corrected chi connectivity index (χ2v) is 5.35. The topological polar surface area (TPSA) is 81.2 Å². The van der Waals surface area contributed by atoms with Crippen molar-refractivity contribution < 1.29 is 9.31 Å². The first kappa shape index (κ1) is 15.7. The van der Waals surface area contributed by atoms with Crippen molar-refractivity contribution in [3.05, 3.63) is 33.1 Å². The van der Waals surface area contributed by atoms with E-state index in [0.29, 0.717) is 0 Å². The van der Waals surface area contributed by atoms with Crippen molar-refractivity contribution in [2.45, 2.75) is 26.3 Å². The normalized spacial score (nSPS) is 14.3. The first-order chi connectivity index (χ1) is 8.71. The molecular weight excluding hydrogens is 273 g/mol. The molecule has 0 aromatic heterocycles. The standard InChI is InChI=1S/C12H17ClFN3O2/c1-7(2)12(3,6-15)16-10-5-9(14)8(13)4-11(10)17(18)19/h4-5,7,16H,6,15H2,1-3H3. The van der Waals surface area contributed by atoms with E-state index in [1.54, 1.807) is 0 Å². The Labute approximate surface area is 116 Å². The highest BCUT2D eigenvalue weighted by Crippen LogP contribution is 2.33. The average Bonchev–Trinajstić information content (AvgIpc) is 2.32. The maximum Gasteiger partial charge on any atom is 0.294 e. The molecule has 19 heavy (non-hydrogen) atoms. The van der Waals surface area contributed by atoms with Crippen LogP contribution in [0.4, 0.5) is 15.8 Å². The average molecular weight is 290 g/mol. The van der Waals surface area contributed by atoms with E-state index in [-0.39, 0.29) is 28.9 Å². The number of halogens is 2. The molecule has 0 amide bonds. The zero-order chi connectivity index (χ0) is 14.8. The number of nitrogens with one attached hydrogen (secondary N) is 1. The Morgan fingerprint density at radius 1 is 1.58 bits per heavy atom. The van der Waals surface area contributed by atoms with Gasteiger partial charge in [-0.05, 0) is 12.8 Å². The number of anilines is 1. The van der Waals surface area contributed by atoms with Gasteiger partial charge in [0.05, 0.1) is 9.95 Å². The van der Waals surface area contributed by atoms with Gasteiger partial charge < -0.3 is 11.1 Å². The van der Waals surface area contributed by atoms with Gasteiger partial charge in [-0.2, -0.15) is 0 Å². The van der Waals surface area contributed by atoms with Crippen LogP contribution in [0.2, 0.25) is 5.02 Å². The van der Waals surface area contributed by atoms with Gasteiger partial charge in [-0.3, -0.25) is 10.1 Å².